The Morgan fingerprint density at radius 1 is 0.914 bits per heavy atom. The molecule has 0 fully saturated rings. The number of halogens is 1. The Bertz CT molecular complexity index is 1330. The summed E-state index contributed by atoms with van der Waals surface area (Å²) in [6.45, 7) is 1.60. The number of non-ortho nitro benzene ring substituents is 1. The number of carbonyl (C=O) groups is 2. The van der Waals surface area contributed by atoms with Crippen LogP contribution in [0.4, 0.5) is 17.1 Å². The van der Waals surface area contributed by atoms with Crippen LogP contribution >= 0.6 is 15.9 Å². The number of anilines is 1. The van der Waals surface area contributed by atoms with Crippen molar-refractivity contribution < 1.29 is 24.2 Å². The van der Waals surface area contributed by atoms with E-state index in [2.05, 4.69) is 31.8 Å². The maximum atomic E-state index is 12.0. The summed E-state index contributed by atoms with van der Waals surface area (Å²) in [6.07, 6.45) is 0. The van der Waals surface area contributed by atoms with Crippen molar-refractivity contribution in [1.82, 2.24) is 5.43 Å². The Morgan fingerprint density at radius 3 is 2.17 bits per heavy atom. The number of nitrogens with zero attached hydrogens (tertiary/aromatic N) is 3. The van der Waals surface area contributed by atoms with Crippen LogP contribution in [0, 0.1) is 20.2 Å². The number of nitro benzene ring substituents is 2. The smallest absolute Gasteiger partial charge is 0.329 e. The van der Waals surface area contributed by atoms with E-state index in [0.717, 1.165) is 22.7 Å². The van der Waals surface area contributed by atoms with Crippen molar-refractivity contribution in [1.29, 1.82) is 0 Å². The molecule has 178 valence electrons. The van der Waals surface area contributed by atoms with E-state index in [4.69, 9.17) is 4.74 Å². The third-order valence-electron chi connectivity index (χ3n) is 4.48. The van der Waals surface area contributed by atoms with Gasteiger partial charge >= 0.3 is 17.5 Å². The minimum atomic E-state index is -0.960. The number of hydrogen-bond donors (Lipinski definition) is 2. The van der Waals surface area contributed by atoms with Crippen LogP contribution in [-0.4, -0.2) is 27.4 Å². The number of amides is 2. The van der Waals surface area contributed by atoms with Gasteiger partial charge in [0.05, 0.1) is 21.6 Å². The summed E-state index contributed by atoms with van der Waals surface area (Å²) in [5, 5.41) is 28.4. The molecule has 0 unspecified atom stereocenters. The van der Waals surface area contributed by atoms with Crippen LogP contribution < -0.4 is 15.5 Å². The van der Waals surface area contributed by atoms with Gasteiger partial charge in [0.1, 0.15) is 5.75 Å². The summed E-state index contributed by atoms with van der Waals surface area (Å²) in [5.41, 5.74) is 2.58. The molecule has 0 saturated heterocycles. The molecule has 0 spiro atoms. The SMILES string of the molecule is C/C(=N\NC(=O)C(=O)Nc1ccc(Br)cc1)c1ccc(Oc2ccc([N+](=O)[O-])cc2[N+](=O)[O-])cc1. The summed E-state index contributed by atoms with van der Waals surface area (Å²) in [7, 11) is 0. The van der Waals surface area contributed by atoms with Crippen molar-refractivity contribution in [2.24, 2.45) is 5.10 Å². The van der Waals surface area contributed by atoms with E-state index in [1.54, 1.807) is 43.3 Å². The van der Waals surface area contributed by atoms with Gasteiger partial charge in [0.15, 0.2) is 0 Å². The first-order valence-electron chi connectivity index (χ1n) is 9.76. The molecule has 13 heteroatoms. The topological polar surface area (TPSA) is 166 Å². The van der Waals surface area contributed by atoms with E-state index in [1.165, 1.54) is 12.1 Å². The summed E-state index contributed by atoms with van der Waals surface area (Å²) in [6, 6.07) is 15.9. The molecule has 12 nitrogen and oxygen atoms in total. The van der Waals surface area contributed by atoms with Gasteiger partial charge < -0.3 is 10.1 Å². The maximum Gasteiger partial charge on any atom is 0.329 e. The van der Waals surface area contributed by atoms with Crippen LogP contribution in [0.25, 0.3) is 0 Å². The van der Waals surface area contributed by atoms with Crippen LogP contribution in [0.15, 0.2) is 76.3 Å². The van der Waals surface area contributed by atoms with Crippen molar-refractivity contribution in [2.45, 2.75) is 6.92 Å². The van der Waals surface area contributed by atoms with Crippen LogP contribution in [0.3, 0.4) is 0 Å². The number of hydrazone groups is 1. The lowest BCUT2D eigenvalue weighted by Gasteiger charge is -2.08. The lowest BCUT2D eigenvalue weighted by atomic mass is 10.1. The molecule has 0 bridgehead atoms. The molecular formula is C22H16BrN5O7. The second-order valence-corrected chi connectivity index (χ2v) is 7.81. The Morgan fingerprint density at radius 2 is 1.57 bits per heavy atom. The fraction of sp³-hybridized carbons (Fsp3) is 0.0455. The molecule has 35 heavy (non-hydrogen) atoms. The number of ether oxygens (including phenoxy) is 1. The molecule has 3 rings (SSSR count). The highest BCUT2D eigenvalue weighted by molar-refractivity contribution is 9.10. The first-order valence-corrected chi connectivity index (χ1v) is 10.6. The Kier molecular flexibility index (Phi) is 7.84. The van der Waals surface area contributed by atoms with Crippen molar-refractivity contribution in [2.75, 3.05) is 5.32 Å². The number of carbonyl (C=O) groups excluding carboxylic acids is 2. The third kappa shape index (κ3) is 6.68. The fourth-order valence-electron chi connectivity index (χ4n) is 2.71. The number of benzene rings is 3. The highest BCUT2D eigenvalue weighted by Gasteiger charge is 2.21. The number of nitrogens with one attached hydrogen (secondary N) is 2. The van der Waals surface area contributed by atoms with Gasteiger partial charge in [-0.05, 0) is 67.1 Å². The van der Waals surface area contributed by atoms with Crippen LogP contribution in [0.5, 0.6) is 11.5 Å². The van der Waals surface area contributed by atoms with Gasteiger partial charge in [0, 0.05) is 16.2 Å². The molecule has 0 aliphatic heterocycles. The molecular weight excluding hydrogens is 526 g/mol. The lowest BCUT2D eigenvalue weighted by molar-refractivity contribution is -0.394. The molecule has 0 aliphatic rings. The zero-order valence-corrected chi connectivity index (χ0v) is 19.5. The van der Waals surface area contributed by atoms with Gasteiger partial charge in [-0.15, -0.1) is 0 Å². The van der Waals surface area contributed by atoms with Crippen molar-refractivity contribution in [3.05, 3.63) is 97.0 Å². The zero-order chi connectivity index (χ0) is 25.5. The molecule has 3 aromatic carbocycles. The van der Waals surface area contributed by atoms with Gasteiger partial charge in [0.25, 0.3) is 5.69 Å². The van der Waals surface area contributed by atoms with E-state index >= 15 is 0 Å². The Labute approximate surface area is 206 Å². The predicted octanol–water partition coefficient (Wildman–Crippen LogP) is 4.54. The van der Waals surface area contributed by atoms with Gasteiger partial charge in [-0.25, -0.2) is 5.43 Å². The van der Waals surface area contributed by atoms with E-state index in [0.29, 0.717) is 17.0 Å². The molecule has 3 aromatic rings. The average Bonchev–Trinajstić information content (AvgIpc) is 2.84. The molecule has 0 aromatic heterocycles. The molecule has 2 N–H and O–H groups in total. The van der Waals surface area contributed by atoms with E-state index in [9.17, 15) is 29.8 Å². The van der Waals surface area contributed by atoms with Crippen molar-refractivity contribution >= 4 is 50.5 Å². The van der Waals surface area contributed by atoms with Crippen LogP contribution in [0.1, 0.15) is 12.5 Å². The van der Waals surface area contributed by atoms with Crippen LogP contribution in [-0.2, 0) is 9.59 Å². The summed E-state index contributed by atoms with van der Waals surface area (Å²) >= 11 is 3.27. The second-order valence-electron chi connectivity index (χ2n) is 6.89. The summed E-state index contributed by atoms with van der Waals surface area (Å²) in [5.74, 6) is -1.78. The maximum absolute atomic E-state index is 12.0. The number of rotatable bonds is 7. The molecule has 0 atom stereocenters. The lowest BCUT2D eigenvalue weighted by Crippen LogP contribution is -2.32. The fourth-order valence-corrected chi connectivity index (χ4v) is 2.97. The van der Waals surface area contributed by atoms with Crippen molar-refractivity contribution in [3.8, 4) is 11.5 Å². The van der Waals surface area contributed by atoms with Gasteiger partial charge in [0.2, 0.25) is 5.75 Å². The molecule has 0 saturated carbocycles. The van der Waals surface area contributed by atoms with Gasteiger partial charge in [-0.1, -0.05) is 15.9 Å². The largest absolute Gasteiger partial charge is 0.450 e. The van der Waals surface area contributed by atoms with E-state index in [1.807, 2.05) is 0 Å². The van der Waals surface area contributed by atoms with Gasteiger partial charge in [-0.3, -0.25) is 29.8 Å². The highest BCUT2D eigenvalue weighted by Crippen LogP contribution is 2.34. The number of nitro groups is 2. The molecule has 0 radical (unpaired) electrons. The quantitative estimate of drug-likeness (QED) is 0.191. The minimum absolute atomic E-state index is 0.164. The Balaban J connectivity index is 1.64. The van der Waals surface area contributed by atoms with E-state index in [-0.39, 0.29) is 11.5 Å². The van der Waals surface area contributed by atoms with Crippen molar-refractivity contribution in [3.63, 3.8) is 0 Å². The standard InChI is InChI=1S/C22H16BrN5O7/c1-13(25-26-22(30)21(29)24-16-6-4-15(23)5-7-16)14-2-9-18(10-3-14)35-20-11-8-17(27(31)32)12-19(20)28(33)34/h2-12H,1H3,(H,24,29)(H,26,30)/b25-13+. The second kappa shape index (κ2) is 11.0. The average molecular weight is 542 g/mol. The first kappa shape index (κ1) is 25.0. The Hall–Kier alpha value is -4.65. The predicted molar refractivity (Wildman–Crippen MR) is 129 cm³/mol. The van der Waals surface area contributed by atoms with E-state index < -0.39 is 33.0 Å². The molecule has 2 amide bonds. The highest BCUT2D eigenvalue weighted by atomic mass is 79.9. The summed E-state index contributed by atoms with van der Waals surface area (Å²) < 4.78 is 6.33. The zero-order valence-electron chi connectivity index (χ0n) is 17.9. The first-order chi connectivity index (χ1) is 16.6. The summed E-state index contributed by atoms with van der Waals surface area (Å²) in [4.78, 5) is 44.6. The molecule has 0 heterocycles. The van der Waals surface area contributed by atoms with Gasteiger partial charge in [-0.2, -0.15) is 5.10 Å². The van der Waals surface area contributed by atoms with Crippen LogP contribution in [0.2, 0.25) is 0 Å². The third-order valence-corrected chi connectivity index (χ3v) is 5.01. The molecule has 0 aliphatic carbocycles. The minimum Gasteiger partial charge on any atom is -0.450 e. The monoisotopic (exact) mass is 541 g/mol. The normalized spacial score (nSPS) is 10.9. The number of hydrogen-bond acceptors (Lipinski definition) is 8.